The number of sulfonamides is 1. The van der Waals surface area contributed by atoms with E-state index in [9.17, 15) is 12.8 Å². The van der Waals surface area contributed by atoms with E-state index >= 15 is 0 Å². The molecule has 0 fully saturated rings. The minimum absolute atomic E-state index is 0.133. The minimum atomic E-state index is -3.51. The van der Waals surface area contributed by atoms with Crippen molar-refractivity contribution in [2.75, 3.05) is 19.8 Å². The molecule has 0 unspecified atom stereocenters. The molecule has 0 spiro atoms. The van der Waals surface area contributed by atoms with Gasteiger partial charge in [0, 0.05) is 29.6 Å². The molecule has 2 aromatic carbocycles. The summed E-state index contributed by atoms with van der Waals surface area (Å²) in [5.41, 5.74) is 6.25. The van der Waals surface area contributed by atoms with E-state index in [1.165, 1.54) is 50.1 Å². The molecule has 0 aliphatic rings. The van der Waals surface area contributed by atoms with Gasteiger partial charge in [-0.1, -0.05) is 17.8 Å². The first kappa shape index (κ1) is 15.8. The Bertz CT molecular complexity index is 761. The highest BCUT2D eigenvalue weighted by Gasteiger charge is 2.18. The van der Waals surface area contributed by atoms with Crippen LogP contribution in [0.4, 0.5) is 10.1 Å². The third-order valence-corrected chi connectivity index (χ3v) is 5.68. The lowest BCUT2D eigenvalue weighted by Gasteiger charge is -2.13. The molecule has 0 radical (unpaired) electrons. The van der Waals surface area contributed by atoms with Gasteiger partial charge in [0.1, 0.15) is 5.82 Å². The van der Waals surface area contributed by atoms with E-state index in [0.717, 1.165) is 4.31 Å². The standard InChI is InChI=1S/C14H15FN2O2S2/c1-17(2)21(18,19)12-6-7-14(13(16)9-12)20-11-5-3-4-10(15)8-11/h3-9H,16H2,1-2H3. The lowest BCUT2D eigenvalue weighted by Crippen LogP contribution is -2.22. The number of halogens is 1. The van der Waals surface area contributed by atoms with E-state index in [1.54, 1.807) is 18.2 Å². The molecule has 0 heterocycles. The fourth-order valence-corrected chi connectivity index (χ4v) is 3.47. The number of nitrogen functional groups attached to an aromatic ring is 1. The second kappa shape index (κ2) is 6.05. The lowest BCUT2D eigenvalue weighted by molar-refractivity contribution is 0.520. The van der Waals surface area contributed by atoms with Crippen LogP contribution in [0.2, 0.25) is 0 Å². The number of nitrogens with zero attached hydrogens (tertiary/aromatic N) is 1. The lowest BCUT2D eigenvalue weighted by atomic mass is 10.3. The first-order valence-corrected chi connectivity index (χ1v) is 8.32. The normalized spacial score (nSPS) is 11.8. The number of rotatable bonds is 4. The Kier molecular flexibility index (Phi) is 4.55. The molecule has 0 saturated carbocycles. The molecule has 21 heavy (non-hydrogen) atoms. The average Bonchev–Trinajstić information content (AvgIpc) is 2.41. The first-order chi connectivity index (χ1) is 9.80. The number of benzene rings is 2. The highest BCUT2D eigenvalue weighted by molar-refractivity contribution is 7.99. The second-order valence-corrected chi connectivity index (χ2v) is 7.81. The van der Waals surface area contributed by atoms with Gasteiger partial charge in [0.2, 0.25) is 10.0 Å². The van der Waals surface area contributed by atoms with E-state index in [1.807, 2.05) is 0 Å². The van der Waals surface area contributed by atoms with Crippen molar-refractivity contribution in [2.45, 2.75) is 14.7 Å². The van der Waals surface area contributed by atoms with Gasteiger partial charge in [0.05, 0.1) is 4.90 Å². The molecule has 0 aliphatic carbocycles. The molecule has 2 N–H and O–H groups in total. The van der Waals surface area contributed by atoms with Crippen molar-refractivity contribution in [3.63, 3.8) is 0 Å². The molecule has 112 valence electrons. The maximum absolute atomic E-state index is 13.2. The summed E-state index contributed by atoms with van der Waals surface area (Å²) in [4.78, 5) is 1.51. The molecular weight excluding hydrogens is 311 g/mol. The molecule has 0 atom stereocenters. The summed E-state index contributed by atoms with van der Waals surface area (Å²) >= 11 is 1.28. The maximum Gasteiger partial charge on any atom is 0.242 e. The third kappa shape index (κ3) is 3.55. The van der Waals surface area contributed by atoms with Crippen LogP contribution in [0.1, 0.15) is 0 Å². The molecule has 7 heteroatoms. The van der Waals surface area contributed by atoms with E-state index in [-0.39, 0.29) is 10.7 Å². The van der Waals surface area contributed by atoms with Gasteiger partial charge in [-0.25, -0.2) is 17.1 Å². The highest BCUT2D eigenvalue weighted by atomic mass is 32.2. The summed E-state index contributed by atoms with van der Waals surface area (Å²) in [7, 11) is -0.593. The number of hydrogen-bond donors (Lipinski definition) is 1. The Hall–Kier alpha value is -1.57. The quantitative estimate of drug-likeness (QED) is 0.878. The van der Waals surface area contributed by atoms with Crippen LogP contribution in [-0.2, 0) is 10.0 Å². The first-order valence-electron chi connectivity index (χ1n) is 6.06. The summed E-state index contributed by atoms with van der Waals surface area (Å²) in [5, 5.41) is 0. The van der Waals surface area contributed by atoms with E-state index < -0.39 is 10.0 Å². The summed E-state index contributed by atoms with van der Waals surface area (Å²) in [5.74, 6) is -0.328. The zero-order valence-electron chi connectivity index (χ0n) is 11.6. The molecule has 0 aliphatic heterocycles. The van der Waals surface area contributed by atoms with Gasteiger partial charge in [-0.15, -0.1) is 0 Å². The molecule has 0 bridgehead atoms. The highest BCUT2D eigenvalue weighted by Crippen LogP contribution is 2.33. The smallest absolute Gasteiger partial charge is 0.242 e. The van der Waals surface area contributed by atoms with Crippen molar-refractivity contribution in [1.82, 2.24) is 4.31 Å². The van der Waals surface area contributed by atoms with Gasteiger partial charge in [0.25, 0.3) is 0 Å². The number of nitrogens with two attached hydrogens (primary N) is 1. The van der Waals surface area contributed by atoms with Gasteiger partial charge in [-0.3, -0.25) is 0 Å². The summed E-state index contributed by atoms with van der Waals surface area (Å²) < 4.78 is 38.3. The molecule has 2 aromatic rings. The monoisotopic (exact) mass is 326 g/mol. The third-order valence-electron chi connectivity index (χ3n) is 2.78. The zero-order chi connectivity index (χ0) is 15.6. The molecule has 2 rings (SSSR count). The van der Waals surface area contributed by atoms with E-state index in [0.29, 0.717) is 15.5 Å². The predicted octanol–water partition coefficient (Wildman–Crippen LogP) is 2.81. The Morgan fingerprint density at radius 1 is 1.14 bits per heavy atom. The Morgan fingerprint density at radius 2 is 1.86 bits per heavy atom. The van der Waals surface area contributed by atoms with Crippen LogP contribution in [0.5, 0.6) is 0 Å². The Morgan fingerprint density at radius 3 is 2.43 bits per heavy atom. The van der Waals surface area contributed by atoms with Crippen LogP contribution in [0.15, 0.2) is 57.2 Å². The van der Waals surface area contributed by atoms with Crippen LogP contribution in [0.25, 0.3) is 0 Å². The SMILES string of the molecule is CN(C)S(=O)(=O)c1ccc(Sc2cccc(F)c2)c(N)c1. The van der Waals surface area contributed by atoms with Crippen molar-refractivity contribution in [1.29, 1.82) is 0 Å². The van der Waals surface area contributed by atoms with E-state index in [2.05, 4.69) is 0 Å². The fraction of sp³-hybridized carbons (Fsp3) is 0.143. The fourth-order valence-electron chi connectivity index (χ4n) is 1.65. The van der Waals surface area contributed by atoms with Crippen molar-refractivity contribution in [2.24, 2.45) is 0 Å². The zero-order valence-corrected chi connectivity index (χ0v) is 13.2. The van der Waals surface area contributed by atoms with Crippen LogP contribution in [0, 0.1) is 5.82 Å². The van der Waals surface area contributed by atoms with Gasteiger partial charge in [0.15, 0.2) is 0 Å². The van der Waals surface area contributed by atoms with Crippen LogP contribution < -0.4 is 5.73 Å². The van der Waals surface area contributed by atoms with Gasteiger partial charge >= 0.3 is 0 Å². The minimum Gasteiger partial charge on any atom is -0.398 e. The molecule has 0 aromatic heterocycles. The van der Waals surface area contributed by atoms with Crippen molar-refractivity contribution in [3.8, 4) is 0 Å². The molecule has 0 saturated heterocycles. The average molecular weight is 326 g/mol. The van der Waals surface area contributed by atoms with Crippen LogP contribution >= 0.6 is 11.8 Å². The molecular formula is C14H15FN2O2S2. The summed E-state index contributed by atoms with van der Waals surface area (Å²) in [6.45, 7) is 0. The van der Waals surface area contributed by atoms with Crippen molar-refractivity contribution >= 4 is 27.5 Å². The Balaban J connectivity index is 2.32. The predicted molar refractivity (Wildman–Crippen MR) is 82.3 cm³/mol. The number of anilines is 1. The van der Waals surface area contributed by atoms with Crippen molar-refractivity contribution < 1.29 is 12.8 Å². The van der Waals surface area contributed by atoms with Gasteiger partial charge in [-0.05, 0) is 36.4 Å². The van der Waals surface area contributed by atoms with Gasteiger partial charge in [-0.2, -0.15) is 0 Å². The maximum atomic E-state index is 13.2. The van der Waals surface area contributed by atoms with Crippen LogP contribution in [-0.4, -0.2) is 26.8 Å². The topological polar surface area (TPSA) is 63.4 Å². The Labute approximate surface area is 127 Å². The number of hydrogen-bond acceptors (Lipinski definition) is 4. The van der Waals surface area contributed by atoms with Crippen LogP contribution in [0.3, 0.4) is 0 Å². The summed E-state index contributed by atoms with van der Waals surface area (Å²) in [6, 6.07) is 10.7. The summed E-state index contributed by atoms with van der Waals surface area (Å²) in [6.07, 6.45) is 0. The van der Waals surface area contributed by atoms with Crippen molar-refractivity contribution in [3.05, 3.63) is 48.3 Å². The van der Waals surface area contributed by atoms with Gasteiger partial charge < -0.3 is 5.73 Å². The largest absolute Gasteiger partial charge is 0.398 e. The second-order valence-electron chi connectivity index (χ2n) is 4.55. The molecule has 0 amide bonds. The van der Waals surface area contributed by atoms with E-state index in [4.69, 9.17) is 5.73 Å². The molecule has 4 nitrogen and oxygen atoms in total.